The highest BCUT2D eigenvalue weighted by atomic mass is 19.1. The zero-order chi connectivity index (χ0) is 20.4. The van der Waals surface area contributed by atoms with Gasteiger partial charge in [-0.25, -0.2) is 9.07 Å². The highest BCUT2D eigenvalue weighted by molar-refractivity contribution is 6.47. The van der Waals surface area contributed by atoms with Gasteiger partial charge in [-0.1, -0.05) is 18.2 Å². The number of halogens is 1. The summed E-state index contributed by atoms with van der Waals surface area (Å²) in [5.74, 6) is -3.51. The summed E-state index contributed by atoms with van der Waals surface area (Å²) in [7, 11) is 0. The van der Waals surface area contributed by atoms with Crippen molar-refractivity contribution in [3.05, 3.63) is 76.9 Å². The molecule has 142 valence electrons. The number of hydrogen-bond acceptors (Lipinski definition) is 4. The maximum Gasteiger partial charge on any atom is 0.296 e. The highest BCUT2D eigenvalue weighted by Crippen LogP contribution is 2.20. The van der Waals surface area contributed by atoms with Crippen LogP contribution in [0.5, 0.6) is 0 Å². The van der Waals surface area contributed by atoms with E-state index in [0.717, 1.165) is 17.8 Å². The number of nitrogens with two attached hydrogens (primary N) is 1. The smallest absolute Gasteiger partial charge is 0.296 e. The number of carbonyl (C=O) groups excluding carboxylic acids is 3. The number of ketones is 1. The quantitative estimate of drug-likeness (QED) is 0.524. The Hall–Kier alpha value is -3.81. The van der Waals surface area contributed by atoms with Gasteiger partial charge in [-0.3, -0.25) is 14.4 Å². The van der Waals surface area contributed by atoms with Gasteiger partial charge in [0.05, 0.1) is 28.2 Å². The molecule has 3 rings (SSSR count). The summed E-state index contributed by atoms with van der Waals surface area (Å²) in [6, 6.07) is 12.5. The third-order valence-corrected chi connectivity index (χ3v) is 4.22. The molecular formula is C20H17FN4O3. The molecule has 7 nitrogen and oxygen atoms in total. The molecule has 0 spiro atoms. The second kappa shape index (κ2) is 7.43. The molecule has 0 radical (unpaired) electrons. The maximum atomic E-state index is 13.6. The first-order valence-electron chi connectivity index (χ1n) is 8.36. The molecule has 0 bridgehead atoms. The summed E-state index contributed by atoms with van der Waals surface area (Å²) in [5.41, 5.74) is 6.65. The fourth-order valence-electron chi connectivity index (χ4n) is 2.89. The third kappa shape index (κ3) is 3.52. The lowest BCUT2D eigenvalue weighted by atomic mass is 10.1. The molecule has 0 aliphatic carbocycles. The maximum absolute atomic E-state index is 13.6. The number of Topliss-reactive ketones (excluding diaryl/α,β-unsaturated/α-hetero) is 1. The van der Waals surface area contributed by atoms with Crippen molar-refractivity contribution >= 4 is 23.3 Å². The zero-order valence-electron chi connectivity index (χ0n) is 15.2. The van der Waals surface area contributed by atoms with Crippen LogP contribution in [0.4, 0.5) is 10.1 Å². The summed E-state index contributed by atoms with van der Waals surface area (Å²) in [5, 5.41) is 6.71. The van der Waals surface area contributed by atoms with E-state index in [-0.39, 0.29) is 16.8 Å². The minimum absolute atomic E-state index is 0.0827. The first-order valence-corrected chi connectivity index (χ1v) is 8.36. The van der Waals surface area contributed by atoms with Crippen molar-refractivity contribution < 1.29 is 18.8 Å². The number of amides is 2. The van der Waals surface area contributed by atoms with Crippen LogP contribution in [0.1, 0.15) is 32.1 Å². The zero-order valence-corrected chi connectivity index (χ0v) is 15.2. The Morgan fingerprint density at radius 2 is 1.75 bits per heavy atom. The number of primary amides is 1. The minimum Gasteiger partial charge on any atom is -0.366 e. The number of nitrogens with one attached hydrogen (secondary N) is 1. The van der Waals surface area contributed by atoms with E-state index in [9.17, 15) is 18.8 Å². The van der Waals surface area contributed by atoms with Gasteiger partial charge in [-0.05, 0) is 44.2 Å². The molecule has 2 amide bonds. The van der Waals surface area contributed by atoms with Gasteiger partial charge in [-0.15, -0.1) is 0 Å². The summed E-state index contributed by atoms with van der Waals surface area (Å²) in [4.78, 5) is 36.3. The standard InChI is InChI=1S/C20H17FN4O3/c1-11-17(12(2)25(24-11)14-6-4-3-5-7-14)18(26)20(28)23-13-8-9-16(21)15(10-13)19(22)27/h3-10H,1-2H3,(H2,22,27)(H,23,28). The van der Waals surface area contributed by atoms with E-state index in [2.05, 4.69) is 10.4 Å². The van der Waals surface area contributed by atoms with Gasteiger partial charge >= 0.3 is 0 Å². The minimum atomic E-state index is -0.976. The van der Waals surface area contributed by atoms with E-state index >= 15 is 0 Å². The van der Waals surface area contributed by atoms with E-state index in [4.69, 9.17) is 5.73 Å². The summed E-state index contributed by atoms with van der Waals surface area (Å²) >= 11 is 0. The topological polar surface area (TPSA) is 107 Å². The summed E-state index contributed by atoms with van der Waals surface area (Å²) in [6.07, 6.45) is 0. The summed E-state index contributed by atoms with van der Waals surface area (Å²) in [6.45, 7) is 3.33. The molecule has 0 aliphatic rings. The van der Waals surface area contributed by atoms with Gasteiger partial charge < -0.3 is 11.1 Å². The number of carbonyl (C=O) groups is 3. The number of hydrogen-bond donors (Lipinski definition) is 2. The van der Waals surface area contributed by atoms with Crippen molar-refractivity contribution in [2.75, 3.05) is 5.32 Å². The SMILES string of the molecule is Cc1nn(-c2ccccc2)c(C)c1C(=O)C(=O)Nc1ccc(F)c(C(N)=O)c1. The monoisotopic (exact) mass is 380 g/mol. The lowest BCUT2D eigenvalue weighted by molar-refractivity contribution is -0.112. The second-order valence-corrected chi connectivity index (χ2v) is 6.14. The molecule has 0 saturated heterocycles. The predicted octanol–water partition coefficient (Wildman–Crippen LogP) is 2.55. The van der Waals surface area contributed by atoms with Gasteiger partial charge in [0.25, 0.3) is 17.6 Å². The molecule has 0 atom stereocenters. The first-order chi connectivity index (χ1) is 13.3. The lowest BCUT2D eigenvalue weighted by Crippen LogP contribution is -2.24. The molecule has 0 fully saturated rings. The molecule has 8 heteroatoms. The van der Waals surface area contributed by atoms with Crippen LogP contribution in [0.25, 0.3) is 5.69 Å². The van der Waals surface area contributed by atoms with E-state index in [1.807, 2.05) is 30.3 Å². The molecule has 3 aromatic rings. The van der Waals surface area contributed by atoms with E-state index in [1.165, 1.54) is 6.07 Å². The van der Waals surface area contributed by atoms with Crippen LogP contribution in [0.3, 0.4) is 0 Å². The van der Waals surface area contributed by atoms with Crippen LogP contribution >= 0.6 is 0 Å². The van der Waals surface area contributed by atoms with Gasteiger partial charge in [0.15, 0.2) is 0 Å². The van der Waals surface area contributed by atoms with Gasteiger partial charge in [0, 0.05) is 5.69 Å². The van der Waals surface area contributed by atoms with Crippen LogP contribution in [-0.2, 0) is 4.79 Å². The van der Waals surface area contributed by atoms with Crippen molar-refractivity contribution in [2.45, 2.75) is 13.8 Å². The average molecular weight is 380 g/mol. The van der Waals surface area contributed by atoms with Crippen molar-refractivity contribution in [3.63, 3.8) is 0 Å². The number of rotatable bonds is 5. The number of aromatic nitrogens is 2. The van der Waals surface area contributed by atoms with Crippen molar-refractivity contribution in [2.24, 2.45) is 5.73 Å². The molecule has 3 N–H and O–H groups in total. The number of aryl methyl sites for hydroxylation is 1. The Labute approximate surface area is 160 Å². The van der Waals surface area contributed by atoms with Gasteiger partial charge in [-0.2, -0.15) is 5.10 Å². The molecule has 2 aromatic carbocycles. The van der Waals surface area contributed by atoms with Crippen molar-refractivity contribution in [3.8, 4) is 5.69 Å². The Morgan fingerprint density at radius 1 is 1.07 bits per heavy atom. The molecule has 0 unspecified atom stereocenters. The summed E-state index contributed by atoms with van der Waals surface area (Å²) < 4.78 is 15.1. The average Bonchev–Trinajstić information content (AvgIpc) is 2.97. The Bertz CT molecular complexity index is 1090. The largest absolute Gasteiger partial charge is 0.366 e. The van der Waals surface area contributed by atoms with Crippen molar-refractivity contribution in [1.82, 2.24) is 9.78 Å². The molecular weight excluding hydrogens is 363 g/mol. The van der Waals surface area contributed by atoms with Crippen LogP contribution in [0, 0.1) is 19.7 Å². The second-order valence-electron chi connectivity index (χ2n) is 6.14. The third-order valence-electron chi connectivity index (χ3n) is 4.22. The number of benzene rings is 2. The van der Waals surface area contributed by atoms with Gasteiger partial charge in [0.2, 0.25) is 0 Å². The Balaban J connectivity index is 1.89. The van der Waals surface area contributed by atoms with Crippen LogP contribution in [0.2, 0.25) is 0 Å². The van der Waals surface area contributed by atoms with E-state index < -0.39 is 23.4 Å². The first kappa shape index (κ1) is 19.0. The Kier molecular flexibility index (Phi) is 5.04. The number of anilines is 1. The molecule has 0 saturated carbocycles. The number of para-hydroxylation sites is 1. The molecule has 28 heavy (non-hydrogen) atoms. The lowest BCUT2D eigenvalue weighted by Gasteiger charge is -2.07. The fraction of sp³-hybridized carbons (Fsp3) is 0.100. The molecule has 1 aromatic heterocycles. The predicted molar refractivity (Wildman–Crippen MR) is 101 cm³/mol. The van der Waals surface area contributed by atoms with E-state index in [1.54, 1.807) is 18.5 Å². The van der Waals surface area contributed by atoms with Crippen molar-refractivity contribution in [1.29, 1.82) is 0 Å². The van der Waals surface area contributed by atoms with E-state index in [0.29, 0.717) is 11.4 Å². The molecule has 1 heterocycles. The van der Waals surface area contributed by atoms with Crippen LogP contribution in [0.15, 0.2) is 48.5 Å². The Morgan fingerprint density at radius 3 is 2.39 bits per heavy atom. The molecule has 0 aliphatic heterocycles. The normalized spacial score (nSPS) is 10.5. The fourth-order valence-corrected chi connectivity index (χ4v) is 2.89. The van der Waals surface area contributed by atoms with Crippen LogP contribution < -0.4 is 11.1 Å². The van der Waals surface area contributed by atoms with Gasteiger partial charge in [0.1, 0.15) is 5.82 Å². The number of nitrogens with zero attached hydrogens (tertiary/aromatic N) is 2. The highest BCUT2D eigenvalue weighted by Gasteiger charge is 2.25. The van der Waals surface area contributed by atoms with Crippen LogP contribution in [-0.4, -0.2) is 27.4 Å².